The Balaban J connectivity index is 1.55. The molecule has 1 fully saturated rings. The van der Waals surface area contributed by atoms with Crippen molar-refractivity contribution in [1.29, 1.82) is 0 Å². The summed E-state index contributed by atoms with van der Waals surface area (Å²) in [4.78, 5) is 28.0. The lowest BCUT2D eigenvalue weighted by atomic mass is 10.1. The van der Waals surface area contributed by atoms with Crippen molar-refractivity contribution < 1.29 is 19.1 Å². The van der Waals surface area contributed by atoms with E-state index in [9.17, 15) is 9.59 Å². The average molecular weight is 383 g/mol. The number of carbonyl (C=O) groups excluding carboxylic acids is 2. The summed E-state index contributed by atoms with van der Waals surface area (Å²) in [6.07, 6.45) is 0.968. The van der Waals surface area contributed by atoms with Gasteiger partial charge in [-0.05, 0) is 30.5 Å². The van der Waals surface area contributed by atoms with E-state index in [1.807, 2.05) is 54.6 Å². The van der Waals surface area contributed by atoms with Gasteiger partial charge in [-0.25, -0.2) is 4.79 Å². The molecule has 0 aliphatic carbocycles. The van der Waals surface area contributed by atoms with Crippen molar-refractivity contribution in [3.63, 3.8) is 0 Å². The molecule has 27 heavy (non-hydrogen) atoms. The predicted molar refractivity (Wildman–Crippen MR) is 104 cm³/mol. The summed E-state index contributed by atoms with van der Waals surface area (Å²) in [5.41, 5.74) is 1.93. The van der Waals surface area contributed by atoms with Crippen molar-refractivity contribution >= 4 is 29.3 Å². The number of ether oxygens (including phenoxy) is 2. The van der Waals surface area contributed by atoms with Crippen molar-refractivity contribution in [2.45, 2.75) is 29.9 Å². The van der Waals surface area contributed by atoms with Crippen molar-refractivity contribution in [3.05, 3.63) is 60.2 Å². The molecule has 140 valence electrons. The monoisotopic (exact) mass is 383 g/mol. The van der Waals surface area contributed by atoms with Crippen LogP contribution in [0.25, 0.3) is 0 Å². The SMILES string of the molecule is O=C(OCC(=O)N1c2ccccc2SC[C@@H]1c1ccccc1)[C@@H]1CCCO1. The average Bonchev–Trinajstić information content (AvgIpc) is 3.26. The molecule has 2 aliphatic heterocycles. The fourth-order valence-corrected chi connectivity index (χ4v) is 4.64. The standard InChI is InChI=1S/C21H21NO4S/c23-20(13-26-21(24)18-10-6-12-25-18)22-16-9-4-5-11-19(16)27-14-17(22)15-7-2-1-3-8-15/h1-5,7-9,11,17-18H,6,10,12-14H2/t17-,18+/m1/s1. The van der Waals surface area contributed by atoms with E-state index in [0.29, 0.717) is 13.0 Å². The third-order valence-electron chi connectivity index (χ3n) is 4.82. The smallest absolute Gasteiger partial charge is 0.335 e. The van der Waals surface area contributed by atoms with Gasteiger partial charge in [-0.15, -0.1) is 11.8 Å². The molecule has 0 bridgehead atoms. The second kappa shape index (κ2) is 8.15. The minimum atomic E-state index is -0.535. The molecule has 5 nitrogen and oxygen atoms in total. The third kappa shape index (κ3) is 3.87. The van der Waals surface area contributed by atoms with E-state index in [1.54, 1.807) is 16.7 Å². The molecule has 0 spiro atoms. The molecule has 6 heteroatoms. The Morgan fingerprint density at radius 3 is 2.67 bits per heavy atom. The van der Waals surface area contributed by atoms with Crippen LogP contribution in [0.2, 0.25) is 0 Å². The molecule has 2 heterocycles. The largest absolute Gasteiger partial charge is 0.454 e. The molecule has 0 saturated carbocycles. The van der Waals surface area contributed by atoms with Gasteiger partial charge < -0.3 is 9.47 Å². The quantitative estimate of drug-likeness (QED) is 0.756. The number of anilines is 1. The van der Waals surface area contributed by atoms with E-state index >= 15 is 0 Å². The highest BCUT2D eigenvalue weighted by molar-refractivity contribution is 7.99. The van der Waals surface area contributed by atoms with E-state index in [2.05, 4.69) is 0 Å². The topological polar surface area (TPSA) is 55.8 Å². The summed E-state index contributed by atoms with van der Waals surface area (Å²) >= 11 is 1.74. The van der Waals surface area contributed by atoms with Crippen molar-refractivity contribution in [1.82, 2.24) is 0 Å². The van der Waals surface area contributed by atoms with Gasteiger partial charge in [0.2, 0.25) is 0 Å². The van der Waals surface area contributed by atoms with Crippen LogP contribution in [0.5, 0.6) is 0 Å². The first-order valence-electron chi connectivity index (χ1n) is 9.11. The van der Waals surface area contributed by atoms with Crippen molar-refractivity contribution in [3.8, 4) is 0 Å². The Labute approximate surface area is 162 Å². The lowest BCUT2D eigenvalue weighted by Crippen LogP contribution is -2.41. The van der Waals surface area contributed by atoms with Crippen LogP contribution in [0.4, 0.5) is 5.69 Å². The third-order valence-corrected chi connectivity index (χ3v) is 5.96. The number of carbonyl (C=O) groups is 2. The van der Waals surface area contributed by atoms with Crippen LogP contribution >= 0.6 is 11.8 Å². The molecule has 2 aliphatic rings. The Bertz CT molecular complexity index is 820. The Kier molecular flexibility index (Phi) is 5.45. The van der Waals surface area contributed by atoms with Gasteiger partial charge in [-0.1, -0.05) is 42.5 Å². The first-order chi connectivity index (χ1) is 13.2. The lowest BCUT2D eigenvalue weighted by Gasteiger charge is -2.37. The van der Waals surface area contributed by atoms with Crippen LogP contribution in [-0.4, -0.2) is 36.9 Å². The van der Waals surface area contributed by atoms with E-state index in [0.717, 1.165) is 28.3 Å². The normalized spacial score (nSPS) is 21.6. The maximum absolute atomic E-state index is 13.1. The number of hydrogen-bond donors (Lipinski definition) is 0. The predicted octanol–water partition coefficient (Wildman–Crippen LogP) is 3.59. The molecule has 4 rings (SSSR count). The number of amides is 1. The molecular formula is C21H21NO4S. The summed E-state index contributed by atoms with van der Waals surface area (Å²) in [5, 5.41) is 0. The number of thioether (sulfide) groups is 1. The van der Waals surface area contributed by atoms with Crippen LogP contribution < -0.4 is 4.90 Å². The van der Waals surface area contributed by atoms with Crippen molar-refractivity contribution in [2.75, 3.05) is 23.9 Å². The highest BCUT2D eigenvalue weighted by Crippen LogP contribution is 2.43. The van der Waals surface area contributed by atoms with Crippen LogP contribution in [0.3, 0.4) is 0 Å². The second-order valence-electron chi connectivity index (χ2n) is 6.58. The second-order valence-corrected chi connectivity index (χ2v) is 7.64. The van der Waals surface area contributed by atoms with Crippen LogP contribution in [0.1, 0.15) is 24.4 Å². The molecular weight excluding hydrogens is 362 g/mol. The molecule has 0 unspecified atom stereocenters. The summed E-state index contributed by atoms with van der Waals surface area (Å²) in [5.74, 6) is 0.0895. The van der Waals surface area contributed by atoms with Gasteiger partial charge in [0.1, 0.15) is 0 Å². The Hall–Kier alpha value is -2.31. The molecule has 1 saturated heterocycles. The molecule has 0 aromatic heterocycles. The fraction of sp³-hybridized carbons (Fsp3) is 0.333. The molecule has 1 amide bonds. The van der Waals surface area contributed by atoms with Gasteiger partial charge in [-0.3, -0.25) is 9.69 Å². The van der Waals surface area contributed by atoms with Gasteiger partial charge in [0, 0.05) is 17.3 Å². The first-order valence-corrected chi connectivity index (χ1v) is 10.1. The van der Waals surface area contributed by atoms with E-state index < -0.39 is 12.1 Å². The van der Waals surface area contributed by atoms with E-state index in [4.69, 9.17) is 9.47 Å². The van der Waals surface area contributed by atoms with Gasteiger partial charge in [0.15, 0.2) is 12.7 Å². The maximum Gasteiger partial charge on any atom is 0.335 e. The minimum absolute atomic E-state index is 0.0972. The number of fused-ring (bicyclic) bond motifs is 1. The van der Waals surface area contributed by atoms with Gasteiger partial charge in [0.05, 0.1) is 11.7 Å². The first kappa shape index (κ1) is 18.1. The van der Waals surface area contributed by atoms with Crippen LogP contribution in [-0.2, 0) is 19.1 Å². The van der Waals surface area contributed by atoms with Gasteiger partial charge in [-0.2, -0.15) is 0 Å². The summed E-state index contributed by atoms with van der Waals surface area (Å²) in [6.45, 7) is 0.293. The van der Waals surface area contributed by atoms with Gasteiger partial charge >= 0.3 is 5.97 Å². The number of hydrogen-bond acceptors (Lipinski definition) is 5. The molecule has 2 aromatic carbocycles. The Morgan fingerprint density at radius 2 is 1.89 bits per heavy atom. The van der Waals surface area contributed by atoms with E-state index in [-0.39, 0.29) is 18.6 Å². The maximum atomic E-state index is 13.1. The number of esters is 1. The van der Waals surface area contributed by atoms with Crippen molar-refractivity contribution in [2.24, 2.45) is 0 Å². The minimum Gasteiger partial charge on any atom is -0.454 e. The fourth-order valence-electron chi connectivity index (χ4n) is 3.48. The van der Waals surface area contributed by atoms with Crippen LogP contribution in [0, 0.1) is 0 Å². The number of nitrogens with zero attached hydrogens (tertiary/aromatic N) is 1. The lowest BCUT2D eigenvalue weighted by molar-refractivity contribution is -0.157. The van der Waals surface area contributed by atoms with E-state index in [1.165, 1.54) is 0 Å². The van der Waals surface area contributed by atoms with Gasteiger partial charge in [0.25, 0.3) is 5.91 Å². The highest BCUT2D eigenvalue weighted by Gasteiger charge is 2.33. The summed E-state index contributed by atoms with van der Waals surface area (Å²) in [6, 6.07) is 17.7. The summed E-state index contributed by atoms with van der Waals surface area (Å²) in [7, 11) is 0. The van der Waals surface area contributed by atoms with Crippen LogP contribution in [0.15, 0.2) is 59.5 Å². The zero-order valence-electron chi connectivity index (χ0n) is 14.9. The zero-order valence-corrected chi connectivity index (χ0v) is 15.7. The molecule has 0 radical (unpaired) electrons. The number of rotatable bonds is 4. The molecule has 2 atom stereocenters. The zero-order chi connectivity index (χ0) is 18.6. The Morgan fingerprint density at radius 1 is 1.11 bits per heavy atom. The highest BCUT2D eigenvalue weighted by atomic mass is 32.2. The molecule has 0 N–H and O–H groups in total. The summed E-state index contributed by atoms with van der Waals surface area (Å²) < 4.78 is 10.6. The molecule has 2 aromatic rings. The number of benzene rings is 2. The number of para-hydroxylation sites is 1.